The molecule has 34 heavy (non-hydrogen) atoms. The number of hydrogen-bond donors (Lipinski definition) is 2. The van der Waals surface area contributed by atoms with E-state index in [2.05, 4.69) is 46.8 Å². The number of benzene rings is 2. The molecule has 3 heterocycles. The van der Waals surface area contributed by atoms with Crippen molar-refractivity contribution in [3.05, 3.63) is 77.4 Å². The maximum absolute atomic E-state index is 5.36. The van der Waals surface area contributed by atoms with Crippen LogP contribution in [0.4, 0.5) is 5.95 Å². The van der Waals surface area contributed by atoms with Crippen LogP contribution in [-0.2, 0) is 0 Å². The zero-order chi connectivity index (χ0) is 23.3. The summed E-state index contributed by atoms with van der Waals surface area (Å²) in [5.41, 5.74) is 4.13. The van der Waals surface area contributed by atoms with Crippen LogP contribution in [0.25, 0.3) is 21.8 Å². The first-order valence-corrected chi connectivity index (χ1v) is 12.5. The first-order valence-electron chi connectivity index (χ1n) is 11.7. The monoisotopic (exact) mass is 471 g/mol. The number of nitrogens with one attached hydrogen (secondary N) is 2. The molecule has 0 radical (unpaired) electrons. The van der Waals surface area contributed by atoms with Gasteiger partial charge in [0.05, 0.1) is 34.4 Å². The summed E-state index contributed by atoms with van der Waals surface area (Å²) in [4.78, 5) is 15.6. The maximum atomic E-state index is 5.36. The number of rotatable bonds is 7. The molecule has 5 rings (SSSR count). The highest BCUT2D eigenvalue weighted by molar-refractivity contribution is 7.15. The summed E-state index contributed by atoms with van der Waals surface area (Å²) >= 11 is 1.76. The van der Waals surface area contributed by atoms with Crippen molar-refractivity contribution in [1.82, 2.24) is 20.3 Å². The second kappa shape index (κ2) is 10.3. The largest absolute Gasteiger partial charge is 0.497 e. The lowest BCUT2D eigenvalue weighted by molar-refractivity contribution is 0.415. The molecule has 0 aliphatic carbocycles. The lowest BCUT2D eigenvalue weighted by atomic mass is 9.99. The Morgan fingerprint density at radius 2 is 1.76 bits per heavy atom. The fraction of sp³-hybridized carbons (Fsp3) is 0.296. The summed E-state index contributed by atoms with van der Waals surface area (Å²) in [6.45, 7) is 4.20. The van der Waals surface area contributed by atoms with Crippen molar-refractivity contribution in [3.8, 4) is 27.6 Å². The molecule has 1 unspecified atom stereocenters. The molecule has 0 amide bonds. The van der Waals surface area contributed by atoms with E-state index in [9.17, 15) is 0 Å². The number of hydrogen-bond acceptors (Lipinski definition) is 7. The van der Waals surface area contributed by atoms with Gasteiger partial charge in [-0.3, -0.25) is 0 Å². The second-order valence-corrected chi connectivity index (χ2v) is 9.56. The Labute approximate surface area is 204 Å². The normalized spacial score (nSPS) is 15.1. The third kappa shape index (κ3) is 4.95. The predicted molar refractivity (Wildman–Crippen MR) is 138 cm³/mol. The molecular formula is C27H29N5OS. The van der Waals surface area contributed by atoms with Crippen LogP contribution in [-0.4, -0.2) is 35.2 Å². The van der Waals surface area contributed by atoms with Crippen molar-refractivity contribution < 1.29 is 4.74 Å². The SMILES string of the molecule is COc1ccc(-c2nc(C3CCNCC3)sc2-c2ccnc(NC(C)c3ccccc3)n2)cc1. The predicted octanol–water partition coefficient (Wildman–Crippen LogP) is 5.92. The van der Waals surface area contributed by atoms with Crippen LogP contribution < -0.4 is 15.4 Å². The summed E-state index contributed by atoms with van der Waals surface area (Å²) in [5, 5.41) is 8.09. The summed E-state index contributed by atoms with van der Waals surface area (Å²) < 4.78 is 5.36. The third-order valence-corrected chi connectivity index (χ3v) is 7.47. The zero-order valence-corrected chi connectivity index (χ0v) is 20.3. The van der Waals surface area contributed by atoms with Gasteiger partial charge in [0.2, 0.25) is 5.95 Å². The number of piperidine rings is 1. The van der Waals surface area contributed by atoms with Gasteiger partial charge in [0, 0.05) is 17.7 Å². The molecule has 2 aromatic heterocycles. The molecule has 0 bridgehead atoms. The Morgan fingerprint density at radius 1 is 1.00 bits per heavy atom. The molecule has 0 spiro atoms. The molecule has 4 aromatic rings. The van der Waals surface area contributed by atoms with Gasteiger partial charge in [0.25, 0.3) is 0 Å². The third-order valence-electron chi connectivity index (χ3n) is 6.23. The molecule has 174 valence electrons. The molecule has 1 atom stereocenters. The standard InChI is InChI=1S/C27H29N5OS/c1-18(19-6-4-3-5-7-19)30-27-29-17-14-23(31-27)25-24(20-8-10-22(33-2)11-9-20)32-26(34-25)21-12-15-28-16-13-21/h3-11,14,17-18,21,28H,12-13,15-16H2,1-2H3,(H,29,30,31). The minimum atomic E-state index is 0.101. The lowest BCUT2D eigenvalue weighted by Crippen LogP contribution is -2.26. The van der Waals surface area contributed by atoms with E-state index < -0.39 is 0 Å². The Morgan fingerprint density at radius 3 is 2.50 bits per heavy atom. The molecule has 2 N–H and O–H groups in total. The highest BCUT2D eigenvalue weighted by atomic mass is 32.1. The van der Waals surface area contributed by atoms with Gasteiger partial charge in [-0.05, 0) is 68.8 Å². The fourth-order valence-electron chi connectivity index (χ4n) is 4.27. The van der Waals surface area contributed by atoms with Gasteiger partial charge < -0.3 is 15.4 Å². The van der Waals surface area contributed by atoms with E-state index in [1.165, 1.54) is 10.6 Å². The highest BCUT2D eigenvalue weighted by Crippen LogP contribution is 2.41. The first kappa shape index (κ1) is 22.5. The smallest absolute Gasteiger partial charge is 0.223 e. The van der Waals surface area contributed by atoms with E-state index in [1.807, 2.05) is 42.6 Å². The van der Waals surface area contributed by atoms with E-state index in [0.29, 0.717) is 11.9 Å². The number of anilines is 1. The minimum Gasteiger partial charge on any atom is -0.497 e. The molecule has 1 saturated heterocycles. The van der Waals surface area contributed by atoms with Crippen LogP contribution in [0, 0.1) is 0 Å². The van der Waals surface area contributed by atoms with E-state index >= 15 is 0 Å². The molecule has 6 nitrogen and oxygen atoms in total. The summed E-state index contributed by atoms with van der Waals surface area (Å²) in [6, 6.07) is 20.5. The Kier molecular flexibility index (Phi) is 6.83. The molecule has 2 aromatic carbocycles. The van der Waals surface area contributed by atoms with Crippen LogP contribution >= 0.6 is 11.3 Å². The number of ether oxygens (including phenoxy) is 1. The molecule has 1 aliphatic heterocycles. The number of methoxy groups -OCH3 is 1. The van der Waals surface area contributed by atoms with Crippen LogP contribution in [0.15, 0.2) is 66.9 Å². The quantitative estimate of drug-likeness (QED) is 0.349. The van der Waals surface area contributed by atoms with Crippen molar-refractivity contribution in [2.75, 3.05) is 25.5 Å². The topological polar surface area (TPSA) is 72.0 Å². The minimum absolute atomic E-state index is 0.101. The second-order valence-electron chi connectivity index (χ2n) is 8.52. The van der Waals surface area contributed by atoms with Gasteiger partial charge in [0.15, 0.2) is 0 Å². The molecule has 0 saturated carbocycles. The van der Waals surface area contributed by atoms with Crippen molar-refractivity contribution in [1.29, 1.82) is 0 Å². The number of thiazole rings is 1. The average Bonchev–Trinajstić information content (AvgIpc) is 3.36. The zero-order valence-electron chi connectivity index (χ0n) is 19.5. The van der Waals surface area contributed by atoms with Crippen molar-refractivity contribution in [2.45, 2.75) is 31.7 Å². The van der Waals surface area contributed by atoms with Crippen molar-refractivity contribution in [3.63, 3.8) is 0 Å². The summed E-state index contributed by atoms with van der Waals surface area (Å²) in [6.07, 6.45) is 4.05. The highest BCUT2D eigenvalue weighted by Gasteiger charge is 2.23. The Bertz CT molecular complexity index is 1220. The summed E-state index contributed by atoms with van der Waals surface area (Å²) in [5.74, 6) is 1.93. The molecule has 7 heteroatoms. The average molecular weight is 472 g/mol. The molecular weight excluding hydrogens is 442 g/mol. The van der Waals surface area contributed by atoms with E-state index in [0.717, 1.165) is 53.5 Å². The van der Waals surface area contributed by atoms with Crippen molar-refractivity contribution in [2.24, 2.45) is 0 Å². The maximum Gasteiger partial charge on any atom is 0.223 e. The molecule has 1 aliphatic rings. The number of aromatic nitrogens is 3. The van der Waals surface area contributed by atoms with Crippen LogP contribution in [0.1, 0.15) is 42.3 Å². The van der Waals surface area contributed by atoms with Gasteiger partial charge in [0.1, 0.15) is 5.75 Å². The Hall–Kier alpha value is -3.29. The van der Waals surface area contributed by atoms with Gasteiger partial charge in [-0.15, -0.1) is 11.3 Å². The van der Waals surface area contributed by atoms with E-state index in [4.69, 9.17) is 14.7 Å². The van der Waals surface area contributed by atoms with Crippen LogP contribution in [0.3, 0.4) is 0 Å². The first-order chi connectivity index (χ1) is 16.7. The van der Waals surface area contributed by atoms with Crippen molar-refractivity contribution >= 4 is 17.3 Å². The number of nitrogens with zero attached hydrogens (tertiary/aromatic N) is 3. The molecule has 1 fully saturated rings. The summed E-state index contributed by atoms with van der Waals surface area (Å²) in [7, 11) is 1.68. The van der Waals surface area contributed by atoms with E-state index in [-0.39, 0.29) is 6.04 Å². The van der Waals surface area contributed by atoms with Crippen LogP contribution in [0.5, 0.6) is 5.75 Å². The van der Waals surface area contributed by atoms with Gasteiger partial charge in [-0.25, -0.2) is 15.0 Å². The van der Waals surface area contributed by atoms with Gasteiger partial charge >= 0.3 is 0 Å². The lowest BCUT2D eigenvalue weighted by Gasteiger charge is -2.20. The van der Waals surface area contributed by atoms with Gasteiger partial charge in [-0.2, -0.15) is 0 Å². The van der Waals surface area contributed by atoms with Crippen LogP contribution in [0.2, 0.25) is 0 Å². The Balaban J connectivity index is 1.50. The van der Waals surface area contributed by atoms with Gasteiger partial charge in [-0.1, -0.05) is 30.3 Å². The fourth-order valence-corrected chi connectivity index (χ4v) is 5.50. The van der Waals surface area contributed by atoms with E-state index in [1.54, 1.807) is 18.4 Å².